The second-order valence-electron chi connectivity index (χ2n) is 4.43. The summed E-state index contributed by atoms with van der Waals surface area (Å²) >= 11 is 0.925. The number of carboxylic acid groups (broad SMARTS) is 1. The second-order valence-corrected chi connectivity index (χ2v) is 5.44. The predicted octanol–water partition coefficient (Wildman–Crippen LogP) is 1.27. The summed E-state index contributed by atoms with van der Waals surface area (Å²) in [5.41, 5.74) is 0.639. The summed E-state index contributed by atoms with van der Waals surface area (Å²) in [5, 5.41) is 18.4. The van der Waals surface area contributed by atoms with Crippen LogP contribution in [0.1, 0.15) is 18.3 Å². The van der Waals surface area contributed by atoms with Gasteiger partial charge >= 0.3 is 0 Å². The van der Waals surface area contributed by atoms with E-state index in [-0.39, 0.29) is 4.91 Å². The van der Waals surface area contributed by atoms with Gasteiger partial charge < -0.3 is 19.4 Å². The van der Waals surface area contributed by atoms with Crippen molar-refractivity contribution < 1.29 is 19.4 Å². The molecule has 7 nitrogen and oxygen atoms in total. The van der Waals surface area contributed by atoms with Gasteiger partial charge in [0, 0.05) is 11.3 Å². The van der Waals surface area contributed by atoms with Crippen molar-refractivity contribution in [2.75, 3.05) is 14.2 Å². The third kappa shape index (κ3) is 4.26. The summed E-state index contributed by atoms with van der Waals surface area (Å²) < 4.78 is 10.4. The van der Waals surface area contributed by atoms with Crippen molar-refractivity contribution in [3.05, 3.63) is 34.5 Å². The van der Waals surface area contributed by atoms with E-state index in [1.165, 1.54) is 20.3 Å². The molecule has 0 bridgehead atoms. The number of aromatic nitrogens is 3. The number of rotatable bonds is 7. The first-order valence-electron chi connectivity index (χ1n) is 6.81. The molecule has 0 aliphatic rings. The fourth-order valence-electron chi connectivity index (χ4n) is 1.80. The Labute approximate surface area is 137 Å². The second kappa shape index (κ2) is 7.68. The van der Waals surface area contributed by atoms with Gasteiger partial charge in [-0.3, -0.25) is 5.10 Å². The van der Waals surface area contributed by atoms with E-state index in [2.05, 4.69) is 15.2 Å². The van der Waals surface area contributed by atoms with E-state index in [4.69, 9.17) is 9.47 Å². The summed E-state index contributed by atoms with van der Waals surface area (Å²) in [5.74, 6) is 0.466. The molecule has 0 saturated heterocycles. The first kappa shape index (κ1) is 16.9. The Morgan fingerprint density at radius 3 is 2.65 bits per heavy atom. The van der Waals surface area contributed by atoms with Gasteiger partial charge in [0.25, 0.3) is 0 Å². The van der Waals surface area contributed by atoms with Crippen LogP contribution in [0, 0.1) is 0 Å². The SMILES string of the molecule is CCc1nc(S/C(=C\c2ccc(OC)c(OC)c2)C(=O)[O-])n[nH]1. The number of nitrogens with one attached hydrogen (secondary N) is 1. The molecule has 1 N–H and O–H groups in total. The van der Waals surface area contributed by atoms with Crippen LogP contribution in [0.5, 0.6) is 11.5 Å². The fourth-order valence-corrected chi connectivity index (χ4v) is 2.53. The van der Waals surface area contributed by atoms with Crippen molar-refractivity contribution in [3.8, 4) is 11.5 Å². The molecule has 0 aliphatic heterocycles. The molecular formula is C15H16N3O4S-. The Balaban J connectivity index is 2.29. The van der Waals surface area contributed by atoms with Crippen molar-refractivity contribution in [2.24, 2.45) is 0 Å². The number of aliphatic carboxylic acids is 1. The smallest absolute Gasteiger partial charge is 0.213 e. The molecule has 0 radical (unpaired) electrons. The van der Waals surface area contributed by atoms with Gasteiger partial charge in [-0.25, -0.2) is 4.98 Å². The minimum Gasteiger partial charge on any atom is -0.544 e. The first-order valence-corrected chi connectivity index (χ1v) is 7.63. The molecular weight excluding hydrogens is 318 g/mol. The third-order valence-electron chi connectivity index (χ3n) is 2.95. The van der Waals surface area contributed by atoms with Gasteiger partial charge in [-0.05, 0) is 35.5 Å². The van der Waals surface area contributed by atoms with Crippen LogP contribution in [0.2, 0.25) is 0 Å². The molecule has 0 saturated carbocycles. The van der Waals surface area contributed by atoms with Gasteiger partial charge in [0.05, 0.1) is 20.2 Å². The quantitative estimate of drug-likeness (QED) is 0.601. The molecule has 0 atom stereocenters. The lowest BCUT2D eigenvalue weighted by Gasteiger charge is -2.09. The summed E-state index contributed by atoms with van der Waals surface area (Å²) in [4.78, 5) is 15.5. The monoisotopic (exact) mass is 334 g/mol. The van der Waals surface area contributed by atoms with Gasteiger partial charge in [0.15, 0.2) is 11.5 Å². The highest BCUT2D eigenvalue weighted by Crippen LogP contribution is 2.30. The molecule has 1 aromatic carbocycles. The molecule has 0 unspecified atom stereocenters. The van der Waals surface area contributed by atoms with E-state index in [9.17, 15) is 9.90 Å². The number of hydrogen-bond donors (Lipinski definition) is 1. The number of H-pyrrole nitrogens is 1. The highest BCUT2D eigenvalue weighted by molar-refractivity contribution is 8.04. The van der Waals surface area contributed by atoms with E-state index in [1.807, 2.05) is 6.92 Å². The summed E-state index contributed by atoms with van der Waals surface area (Å²) in [7, 11) is 3.05. The highest BCUT2D eigenvalue weighted by atomic mass is 32.2. The highest BCUT2D eigenvalue weighted by Gasteiger charge is 2.09. The molecule has 0 spiro atoms. The molecule has 122 valence electrons. The summed E-state index contributed by atoms with van der Waals surface area (Å²) in [6, 6.07) is 5.10. The average Bonchev–Trinajstić information content (AvgIpc) is 3.01. The number of aromatic amines is 1. The van der Waals surface area contributed by atoms with Crippen molar-refractivity contribution in [2.45, 2.75) is 18.5 Å². The molecule has 2 aromatic rings. The molecule has 0 amide bonds. The Bertz CT molecular complexity index is 727. The topological polar surface area (TPSA) is 100 Å². The van der Waals surface area contributed by atoms with Gasteiger partial charge in [0.1, 0.15) is 5.82 Å². The van der Waals surface area contributed by atoms with Crippen LogP contribution in [0.3, 0.4) is 0 Å². The Hall–Kier alpha value is -2.48. The number of hydrogen-bond acceptors (Lipinski definition) is 7. The normalized spacial score (nSPS) is 11.3. The zero-order chi connectivity index (χ0) is 16.8. The van der Waals surface area contributed by atoms with E-state index >= 15 is 0 Å². The molecule has 8 heteroatoms. The van der Waals surface area contributed by atoms with Gasteiger partial charge in [-0.2, -0.15) is 0 Å². The van der Waals surface area contributed by atoms with Crippen molar-refractivity contribution in [1.29, 1.82) is 0 Å². The van der Waals surface area contributed by atoms with Crippen LogP contribution >= 0.6 is 11.8 Å². The number of carboxylic acids is 1. The summed E-state index contributed by atoms with van der Waals surface area (Å²) in [6.07, 6.45) is 2.16. The van der Waals surface area contributed by atoms with E-state index in [0.717, 1.165) is 11.8 Å². The predicted molar refractivity (Wildman–Crippen MR) is 84.1 cm³/mol. The van der Waals surface area contributed by atoms with Gasteiger partial charge in [-0.15, -0.1) is 5.10 Å². The van der Waals surface area contributed by atoms with Crippen molar-refractivity contribution in [3.63, 3.8) is 0 Å². The van der Waals surface area contributed by atoms with Crippen molar-refractivity contribution in [1.82, 2.24) is 15.2 Å². The zero-order valence-corrected chi connectivity index (χ0v) is 13.8. The van der Waals surface area contributed by atoms with Crippen LogP contribution in [0.4, 0.5) is 0 Å². The number of aryl methyl sites for hydroxylation is 1. The number of benzene rings is 1. The molecule has 2 rings (SSSR count). The minimum atomic E-state index is -1.30. The standard InChI is InChI=1S/C15H17N3O4S/c1-4-13-16-15(18-17-13)23-12(14(19)20)8-9-5-6-10(21-2)11(7-9)22-3/h5-8H,4H2,1-3H3,(H,19,20)(H,16,17,18)/p-1/b12-8-. The molecule has 0 aliphatic carbocycles. The summed E-state index contributed by atoms with van der Waals surface area (Å²) in [6.45, 7) is 1.92. The van der Waals surface area contributed by atoms with Crippen LogP contribution < -0.4 is 14.6 Å². The Kier molecular flexibility index (Phi) is 5.64. The van der Waals surface area contributed by atoms with Crippen molar-refractivity contribution >= 4 is 23.8 Å². The maximum Gasteiger partial charge on any atom is 0.213 e. The third-order valence-corrected chi connectivity index (χ3v) is 3.82. The number of carbonyl (C=O) groups is 1. The largest absolute Gasteiger partial charge is 0.544 e. The Morgan fingerprint density at radius 2 is 2.09 bits per heavy atom. The number of ether oxygens (including phenoxy) is 2. The fraction of sp³-hybridized carbons (Fsp3) is 0.267. The zero-order valence-electron chi connectivity index (χ0n) is 13.0. The van der Waals surface area contributed by atoms with Gasteiger partial charge in [-0.1, -0.05) is 13.0 Å². The Morgan fingerprint density at radius 1 is 1.35 bits per heavy atom. The van der Waals surface area contributed by atoms with E-state index in [0.29, 0.717) is 34.5 Å². The lowest BCUT2D eigenvalue weighted by atomic mass is 10.2. The molecule has 1 heterocycles. The van der Waals surface area contributed by atoms with Crippen LogP contribution in [0.25, 0.3) is 6.08 Å². The van der Waals surface area contributed by atoms with Crippen LogP contribution in [-0.4, -0.2) is 35.4 Å². The van der Waals surface area contributed by atoms with Crippen LogP contribution in [-0.2, 0) is 11.2 Å². The number of methoxy groups -OCH3 is 2. The maximum atomic E-state index is 11.3. The van der Waals surface area contributed by atoms with Crippen LogP contribution in [0.15, 0.2) is 28.3 Å². The minimum absolute atomic E-state index is 0.00104. The molecule has 0 fully saturated rings. The number of nitrogens with zero attached hydrogens (tertiary/aromatic N) is 2. The lowest BCUT2D eigenvalue weighted by molar-refractivity contribution is -0.297. The number of carbonyl (C=O) groups excluding carboxylic acids is 1. The average molecular weight is 334 g/mol. The van der Waals surface area contributed by atoms with E-state index < -0.39 is 5.97 Å². The van der Waals surface area contributed by atoms with Gasteiger partial charge in [0.2, 0.25) is 5.16 Å². The lowest BCUT2D eigenvalue weighted by Crippen LogP contribution is -2.23. The molecule has 23 heavy (non-hydrogen) atoms. The maximum absolute atomic E-state index is 11.3. The number of thioether (sulfide) groups is 1. The van der Waals surface area contributed by atoms with E-state index in [1.54, 1.807) is 18.2 Å². The molecule has 1 aromatic heterocycles. The first-order chi connectivity index (χ1) is 11.1.